The van der Waals surface area contributed by atoms with Crippen LogP contribution in [-0.4, -0.2) is 0 Å². The van der Waals surface area contributed by atoms with Gasteiger partial charge < -0.3 is 0 Å². The molecular weight excluding hydrogens is 282 g/mol. The molecule has 13 heavy (non-hydrogen) atoms. The Morgan fingerprint density at radius 3 is 2.46 bits per heavy atom. The molecule has 0 bridgehead atoms. The molecular formula is C10H16Cl2Zr. The summed E-state index contributed by atoms with van der Waals surface area (Å²) in [7, 11) is 9.87. The fraction of sp³-hybridized carbons (Fsp3) is 0.600. The van der Waals surface area contributed by atoms with E-state index < -0.39 is 20.8 Å². The summed E-state index contributed by atoms with van der Waals surface area (Å²) < 4.78 is 0. The molecule has 0 fully saturated rings. The van der Waals surface area contributed by atoms with E-state index >= 15 is 0 Å². The second-order valence-corrected chi connectivity index (χ2v) is 6.82. The van der Waals surface area contributed by atoms with Crippen LogP contribution in [0, 0.1) is 5.92 Å². The molecule has 1 atom stereocenters. The number of rotatable bonds is 3. The van der Waals surface area contributed by atoms with Crippen LogP contribution in [0.2, 0.25) is 0 Å². The first-order valence-corrected chi connectivity index (χ1v) is 10.9. The SMILES string of the molecule is CCCCC1=CC=CC1C.[Cl][Zr][Cl]. The van der Waals surface area contributed by atoms with Crippen molar-refractivity contribution in [2.75, 3.05) is 0 Å². The Hall–Kier alpha value is 0.943. The number of halogens is 2. The normalized spacial score (nSPS) is 19.1. The summed E-state index contributed by atoms with van der Waals surface area (Å²) in [5, 5.41) is 0. The van der Waals surface area contributed by atoms with Crippen LogP contribution in [0.3, 0.4) is 0 Å². The van der Waals surface area contributed by atoms with Gasteiger partial charge in [0.2, 0.25) is 0 Å². The topological polar surface area (TPSA) is 0 Å². The first kappa shape index (κ1) is 13.9. The molecule has 74 valence electrons. The monoisotopic (exact) mass is 296 g/mol. The fourth-order valence-electron chi connectivity index (χ4n) is 1.31. The zero-order valence-electron chi connectivity index (χ0n) is 8.19. The summed E-state index contributed by atoms with van der Waals surface area (Å²) in [5.41, 5.74) is 1.61. The Balaban J connectivity index is 0.000000424. The third-order valence-electron chi connectivity index (χ3n) is 2.11. The molecule has 1 aliphatic carbocycles. The molecule has 0 saturated heterocycles. The van der Waals surface area contributed by atoms with E-state index in [0.717, 1.165) is 0 Å². The molecule has 0 amide bonds. The van der Waals surface area contributed by atoms with Gasteiger partial charge in [0.05, 0.1) is 0 Å². The zero-order valence-corrected chi connectivity index (χ0v) is 12.2. The molecule has 0 aliphatic heterocycles. The molecule has 1 unspecified atom stereocenters. The summed E-state index contributed by atoms with van der Waals surface area (Å²) in [6.07, 6.45) is 10.7. The molecule has 1 rings (SSSR count). The number of unbranched alkanes of at least 4 members (excludes halogenated alkanes) is 1. The predicted molar refractivity (Wildman–Crippen MR) is 57.6 cm³/mol. The average molecular weight is 298 g/mol. The van der Waals surface area contributed by atoms with E-state index in [4.69, 9.17) is 17.0 Å². The standard InChI is InChI=1S/C10H16.2ClH.Zr/c1-3-4-7-10-8-5-6-9(10)2;;;/h5-6,8-9H,3-4,7H2,1-2H3;2*1H;/q;;;+2/p-2. The average Bonchev–Trinajstić information content (AvgIpc) is 2.49. The Kier molecular flexibility index (Phi) is 10.2. The molecule has 0 radical (unpaired) electrons. The summed E-state index contributed by atoms with van der Waals surface area (Å²) in [6.45, 7) is 4.51. The van der Waals surface area contributed by atoms with Gasteiger partial charge in [0.15, 0.2) is 0 Å². The zero-order chi connectivity index (χ0) is 10.1. The van der Waals surface area contributed by atoms with Crippen LogP contribution in [-0.2, 0) is 20.8 Å². The third-order valence-corrected chi connectivity index (χ3v) is 2.11. The van der Waals surface area contributed by atoms with Gasteiger partial charge in [0, 0.05) is 0 Å². The van der Waals surface area contributed by atoms with Crippen molar-refractivity contribution in [1.29, 1.82) is 0 Å². The van der Waals surface area contributed by atoms with Crippen LogP contribution >= 0.6 is 17.0 Å². The quantitative estimate of drug-likeness (QED) is 0.709. The molecule has 0 nitrogen and oxygen atoms in total. The van der Waals surface area contributed by atoms with Crippen molar-refractivity contribution in [3.05, 3.63) is 23.8 Å². The van der Waals surface area contributed by atoms with Crippen molar-refractivity contribution >= 4 is 17.0 Å². The Bertz CT molecular complexity index is 176. The van der Waals surface area contributed by atoms with Gasteiger partial charge in [-0.2, -0.15) is 0 Å². The summed E-state index contributed by atoms with van der Waals surface area (Å²) in [5.74, 6) is 0.714. The molecule has 0 heterocycles. The molecule has 1 aliphatic rings. The van der Waals surface area contributed by atoms with E-state index in [1.54, 1.807) is 5.57 Å². The molecule has 0 aromatic heterocycles. The fourth-order valence-corrected chi connectivity index (χ4v) is 1.31. The van der Waals surface area contributed by atoms with Crippen molar-refractivity contribution in [2.45, 2.75) is 33.1 Å². The van der Waals surface area contributed by atoms with E-state index in [0.29, 0.717) is 5.92 Å². The number of hydrogen-bond donors (Lipinski definition) is 0. The van der Waals surface area contributed by atoms with Crippen molar-refractivity contribution < 1.29 is 20.8 Å². The second-order valence-electron chi connectivity index (χ2n) is 3.09. The first-order valence-electron chi connectivity index (χ1n) is 4.59. The maximum absolute atomic E-state index is 4.93. The van der Waals surface area contributed by atoms with Crippen LogP contribution in [0.25, 0.3) is 0 Å². The number of hydrogen-bond acceptors (Lipinski definition) is 0. The minimum atomic E-state index is -0.826. The van der Waals surface area contributed by atoms with Crippen LogP contribution in [0.5, 0.6) is 0 Å². The molecule has 0 N–H and O–H groups in total. The second kappa shape index (κ2) is 9.50. The van der Waals surface area contributed by atoms with Crippen molar-refractivity contribution in [3.63, 3.8) is 0 Å². The van der Waals surface area contributed by atoms with Crippen LogP contribution in [0.1, 0.15) is 33.1 Å². The van der Waals surface area contributed by atoms with Crippen LogP contribution < -0.4 is 0 Å². The minimum absolute atomic E-state index is 0.714. The van der Waals surface area contributed by atoms with Gasteiger partial charge in [0.25, 0.3) is 0 Å². The Morgan fingerprint density at radius 1 is 1.46 bits per heavy atom. The Morgan fingerprint density at radius 2 is 2.08 bits per heavy atom. The van der Waals surface area contributed by atoms with Gasteiger partial charge >= 0.3 is 37.9 Å². The van der Waals surface area contributed by atoms with Crippen molar-refractivity contribution in [3.8, 4) is 0 Å². The molecule has 0 spiro atoms. The van der Waals surface area contributed by atoms with Gasteiger partial charge in [-0.05, 0) is 18.8 Å². The van der Waals surface area contributed by atoms with E-state index in [-0.39, 0.29) is 0 Å². The van der Waals surface area contributed by atoms with E-state index in [2.05, 4.69) is 32.1 Å². The van der Waals surface area contributed by atoms with Gasteiger partial charge in [-0.15, -0.1) is 0 Å². The van der Waals surface area contributed by atoms with Crippen molar-refractivity contribution in [2.24, 2.45) is 5.92 Å². The number of allylic oxidation sites excluding steroid dienone is 4. The van der Waals surface area contributed by atoms with Crippen molar-refractivity contribution in [1.82, 2.24) is 0 Å². The first-order chi connectivity index (χ1) is 6.26. The van der Waals surface area contributed by atoms with Gasteiger partial charge in [-0.1, -0.05) is 44.1 Å². The van der Waals surface area contributed by atoms with Crippen LogP contribution in [0.15, 0.2) is 23.8 Å². The molecule has 0 aromatic rings. The molecule has 3 heteroatoms. The third kappa shape index (κ3) is 6.94. The predicted octanol–water partition coefficient (Wildman–Crippen LogP) is 4.69. The molecule has 0 aromatic carbocycles. The summed E-state index contributed by atoms with van der Waals surface area (Å²) in [4.78, 5) is 0. The van der Waals surface area contributed by atoms with Gasteiger partial charge in [-0.3, -0.25) is 0 Å². The summed E-state index contributed by atoms with van der Waals surface area (Å²) >= 11 is -0.826. The van der Waals surface area contributed by atoms with Gasteiger partial charge in [-0.25, -0.2) is 0 Å². The van der Waals surface area contributed by atoms with E-state index in [9.17, 15) is 0 Å². The summed E-state index contributed by atoms with van der Waals surface area (Å²) in [6, 6.07) is 0. The van der Waals surface area contributed by atoms with E-state index in [1.807, 2.05) is 0 Å². The molecule has 0 saturated carbocycles. The van der Waals surface area contributed by atoms with Gasteiger partial charge in [0.1, 0.15) is 0 Å². The Labute approximate surface area is 100 Å². The van der Waals surface area contributed by atoms with E-state index in [1.165, 1.54) is 19.3 Å². The maximum atomic E-state index is 4.93. The van der Waals surface area contributed by atoms with Crippen LogP contribution in [0.4, 0.5) is 0 Å².